The van der Waals surface area contributed by atoms with E-state index in [-0.39, 0.29) is 11.9 Å². The zero-order valence-electron chi connectivity index (χ0n) is 9.67. The highest BCUT2D eigenvalue weighted by Crippen LogP contribution is 2.28. The second-order valence-electron chi connectivity index (χ2n) is 4.02. The molecule has 0 radical (unpaired) electrons. The van der Waals surface area contributed by atoms with Crippen molar-refractivity contribution in [3.63, 3.8) is 0 Å². The SMILES string of the molecule is CNC(C1=CCCCO1)c1cc(F)cc(Br)c1. The molecule has 1 aliphatic rings. The fourth-order valence-electron chi connectivity index (χ4n) is 1.99. The van der Waals surface area contributed by atoms with Gasteiger partial charge in [-0.05, 0) is 49.7 Å². The molecule has 1 N–H and O–H groups in total. The summed E-state index contributed by atoms with van der Waals surface area (Å²) in [5.74, 6) is 0.641. The molecule has 0 fully saturated rings. The molecular formula is C13H15BrFNO. The second-order valence-corrected chi connectivity index (χ2v) is 4.94. The van der Waals surface area contributed by atoms with Crippen LogP contribution in [-0.2, 0) is 4.74 Å². The van der Waals surface area contributed by atoms with Gasteiger partial charge >= 0.3 is 0 Å². The first-order valence-corrected chi connectivity index (χ1v) is 6.46. The Balaban J connectivity index is 2.31. The highest BCUT2D eigenvalue weighted by Gasteiger charge is 2.19. The lowest BCUT2D eigenvalue weighted by molar-refractivity contribution is 0.169. The Bertz CT molecular complexity index is 413. The van der Waals surface area contributed by atoms with E-state index in [1.165, 1.54) is 12.1 Å². The van der Waals surface area contributed by atoms with Crippen LogP contribution in [0, 0.1) is 5.82 Å². The molecule has 0 spiro atoms. The zero-order chi connectivity index (χ0) is 12.3. The van der Waals surface area contributed by atoms with Crippen molar-refractivity contribution in [2.24, 2.45) is 0 Å². The number of ether oxygens (including phenoxy) is 1. The van der Waals surface area contributed by atoms with Gasteiger partial charge in [0.1, 0.15) is 11.6 Å². The third kappa shape index (κ3) is 3.07. The fraction of sp³-hybridized carbons (Fsp3) is 0.385. The first-order valence-electron chi connectivity index (χ1n) is 5.67. The Kier molecular flexibility index (Phi) is 4.18. The van der Waals surface area contributed by atoms with Crippen LogP contribution in [0.5, 0.6) is 0 Å². The molecule has 0 amide bonds. The lowest BCUT2D eigenvalue weighted by atomic mass is 10.0. The maximum Gasteiger partial charge on any atom is 0.124 e. The third-order valence-corrected chi connectivity index (χ3v) is 3.21. The van der Waals surface area contributed by atoms with Crippen molar-refractivity contribution >= 4 is 15.9 Å². The number of likely N-dealkylation sites (N-methyl/N-ethyl adjacent to an activating group) is 1. The first kappa shape index (κ1) is 12.6. The minimum atomic E-state index is -0.244. The Morgan fingerprint density at radius 1 is 1.41 bits per heavy atom. The lowest BCUT2D eigenvalue weighted by Gasteiger charge is -2.24. The Morgan fingerprint density at radius 2 is 2.24 bits per heavy atom. The number of allylic oxidation sites excluding steroid dienone is 1. The predicted octanol–water partition coefficient (Wildman–Crippen LogP) is 3.54. The summed E-state index contributed by atoms with van der Waals surface area (Å²) < 4.78 is 19.7. The third-order valence-electron chi connectivity index (χ3n) is 2.75. The Hall–Kier alpha value is -0.870. The van der Waals surface area contributed by atoms with E-state index in [0.29, 0.717) is 0 Å². The average Bonchev–Trinajstić information content (AvgIpc) is 2.30. The molecule has 0 saturated carbocycles. The van der Waals surface area contributed by atoms with Gasteiger partial charge in [0.25, 0.3) is 0 Å². The molecule has 1 heterocycles. The molecule has 92 valence electrons. The van der Waals surface area contributed by atoms with Crippen LogP contribution < -0.4 is 5.32 Å². The molecule has 0 bridgehead atoms. The highest BCUT2D eigenvalue weighted by molar-refractivity contribution is 9.10. The summed E-state index contributed by atoms with van der Waals surface area (Å²) in [6, 6.07) is 4.81. The van der Waals surface area contributed by atoms with Crippen LogP contribution in [0.25, 0.3) is 0 Å². The van der Waals surface area contributed by atoms with Gasteiger partial charge in [0.2, 0.25) is 0 Å². The number of nitrogens with one attached hydrogen (secondary N) is 1. The minimum Gasteiger partial charge on any atom is -0.496 e. The average molecular weight is 300 g/mol. The minimum absolute atomic E-state index is 0.0812. The summed E-state index contributed by atoms with van der Waals surface area (Å²) in [4.78, 5) is 0. The molecule has 1 unspecified atom stereocenters. The summed E-state index contributed by atoms with van der Waals surface area (Å²) in [5, 5.41) is 3.16. The van der Waals surface area contributed by atoms with E-state index >= 15 is 0 Å². The predicted molar refractivity (Wildman–Crippen MR) is 69.2 cm³/mol. The molecule has 1 atom stereocenters. The van der Waals surface area contributed by atoms with Crippen molar-refractivity contribution in [1.82, 2.24) is 5.32 Å². The van der Waals surface area contributed by atoms with Crippen LogP contribution in [0.3, 0.4) is 0 Å². The number of halogens is 2. The van der Waals surface area contributed by atoms with Gasteiger partial charge in [-0.15, -0.1) is 0 Å². The van der Waals surface area contributed by atoms with Gasteiger partial charge in [0.05, 0.1) is 12.6 Å². The Morgan fingerprint density at radius 3 is 2.82 bits per heavy atom. The van der Waals surface area contributed by atoms with E-state index in [9.17, 15) is 4.39 Å². The summed E-state index contributed by atoms with van der Waals surface area (Å²) in [6.07, 6.45) is 4.14. The highest BCUT2D eigenvalue weighted by atomic mass is 79.9. The van der Waals surface area contributed by atoms with Crippen molar-refractivity contribution < 1.29 is 9.13 Å². The summed E-state index contributed by atoms with van der Waals surface area (Å²) in [5.41, 5.74) is 0.868. The molecule has 1 aromatic rings. The van der Waals surface area contributed by atoms with Crippen LogP contribution in [0.4, 0.5) is 4.39 Å². The van der Waals surface area contributed by atoms with Gasteiger partial charge in [-0.25, -0.2) is 4.39 Å². The summed E-state index contributed by atoms with van der Waals surface area (Å²) in [6.45, 7) is 0.737. The van der Waals surface area contributed by atoms with E-state index in [0.717, 1.165) is 35.2 Å². The number of benzene rings is 1. The molecule has 0 aromatic heterocycles. The number of hydrogen-bond donors (Lipinski definition) is 1. The van der Waals surface area contributed by atoms with Crippen molar-refractivity contribution in [2.75, 3.05) is 13.7 Å². The van der Waals surface area contributed by atoms with Crippen molar-refractivity contribution in [2.45, 2.75) is 18.9 Å². The first-order chi connectivity index (χ1) is 8.20. The van der Waals surface area contributed by atoms with Gasteiger partial charge in [0, 0.05) is 4.47 Å². The molecule has 1 aliphatic heterocycles. The van der Waals surface area contributed by atoms with E-state index in [1.807, 2.05) is 13.1 Å². The van der Waals surface area contributed by atoms with E-state index < -0.39 is 0 Å². The van der Waals surface area contributed by atoms with E-state index in [2.05, 4.69) is 27.3 Å². The maximum atomic E-state index is 13.4. The second kappa shape index (κ2) is 5.65. The number of hydrogen-bond acceptors (Lipinski definition) is 2. The smallest absolute Gasteiger partial charge is 0.124 e. The van der Waals surface area contributed by atoms with Gasteiger partial charge in [-0.3, -0.25) is 0 Å². The van der Waals surface area contributed by atoms with Crippen molar-refractivity contribution in [1.29, 1.82) is 0 Å². The molecule has 4 heteroatoms. The quantitative estimate of drug-likeness (QED) is 0.922. The summed E-state index contributed by atoms with van der Waals surface area (Å²) >= 11 is 3.31. The molecule has 2 rings (SSSR count). The normalized spacial score (nSPS) is 17.2. The molecule has 0 aliphatic carbocycles. The largest absolute Gasteiger partial charge is 0.496 e. The van der Waals surface area contributed by atoms with Gasteiger partial charge < -0.3 is 10.1 Å². The van der Waals surface area contributed by atoms with Crippen LogP contribution in [0.1, 0.15) is 24.4 Å². The van der Waals surface area contributed by atoms with Crippen molar-refractivity contribution in [3.05, 3.63) is 45.9 Å². The topological polar surface area (TPSA) is 21.3 Å². The van der Waals surface area contributed by atoms with Gasteiger partial charge in [-0.1, -0.05) is 15.9 Å². The lowest BCUT2D eigenvalue weighted by Crippen LogP contribution is -2.22. The van der Waals surface area contributed by atoms with Crippen LogP contribution >= 0.6 is 15.9 Å². The molecule has 2 nitrogen and oxygen atoms in total. The maximum absolute atomic E-state index is 13.4. The van der Waals surface area contributed by atoms with E-state index in [1.54, 1.807) is 0 Å². The number of rotatable bonds is 3. The zero-order valence-corrected chi connectivity index (χ0v) is 11.3. The van der Waals surface area contributed by atoms with Crippen LogP contribution in [0.15, 0.2) is 34.5 Å². The monoisotopic (exact) mass is 299 g/mol. The molecule has 0 saturated heterocycles. The van der Waals surface area contributed by atoms with E-state index in [4.69, 9.17) is 4.74 Å². The fourth-order valence-corrected chi connectivity index (χ4v) is 2.48. The summed E-state index contributed by atoms with van der Waals surface area (Å²) in [7, 11) is 1.85. The van der Waals surface area contributed by atoms with Crippen LogP contribution in [0.2, 0.25) is 0 Å². The molecular weight excluding hydrogens is 285 g/mol. The molecule has 1 aromatic carbocycles. The Labute approximate surface area is 109 Å². The standard InChI is InChI=1S/C13H15BrFNO/c1-16-13(12-4-2-3-5-17-12)9-6-10(14)8-11(15)7-9/h4,6-8,13,16H,2-3,5H2,1H3. The van der Waals surface area contributed by atoms with Gasteiger partial charge in [-0.2, -0.15) is 0 Å². The molecule has 17 heavy (non-hydrogen) atoms. The van der Waals surface area contributed by atoms with Crippen LogP contribution in [-0.4, -0.2) is 13.7 Å². The van der Waals surface area contributed by atoms with Gasteiger partial charge in [0.15, 0.2) is 0 Å². The van der Waals surface area contributed by atoms with Crippen molar-refractivity contribution in [3.8, 4) is 0 Å².